The molecule has 2 saturated heterocycles. The van der Waals surface area contributed by atoms with Gasteiger partial charge in [-0.2, -0.15) is 11.8 Å². The van der Waals surface area contributed by atoms with Crippen molar-refractivity contribution in [2.45, 2.75) is 43.5 Å². The van der Waals surface area contributed by atoms with Crippen molar-refractivity contribution >= 4 is 17.7 Å². The van der Waals surface area contributed by atoms with Gasteiger partial charge in [-0.1, -0.05) is 30.3 Å². The van der Waals surface area contributed by atoms with Gasteiger partial charge in [0.05, 0.1) is 0 Å². The van der Waals surface area contributed by atoms with Crippen molar-refractivity contribution in [1.29, 1.82) is 0 Å². The monoisotopic (exact) mass is 346 g/mol. The molecule has 2 aliphatic heterocycles. The van der Waals surface area contributed by atoms with Crippen LogP contribution >= 0.6 is 11.8 Å². The van der Waals surface area contributed by atoms with Crippen molar-refractivity contribution in [1.82, 2.24) is 15.5 Å². The smallest absolute Gasteiger partial charge is 0.191 e. The summed E-state index contributed by atoms with van der Waals surface area (Å²) in [5.74, 6) is 2.27. The number of benzene rings is 1. The predicted molar refractivity (Wildman–Crippen MR) is 105 cm³/mol. The lowest BCUT2D eigenvalue weighted by Gasteiger charge is -2.25. The maximum absolute atomic E-state index is 4.39. The summed E-state index contributed by atoms with van der Waals surface area (Å²) < 4.78 is 0. The first kappa shape index (κ1) is 17.6. The van der Waals surface area contributed by atoms with Gasteiger partial charge >= 0.3 is 0 Å². The normalized spacial score (nSPS) is 25.1. The first-order valence-corrected chi connectivity index (χ1v) is 10.2. The standard InChI is InChI=1S/C19H30N4S/c1-20-19(22-14-18-10-6-12-24-18)21-13-17-9-5-11-23(17)15-16-7-3-2-4-8-16/h2-4,7-8,17-18H,5-6,9-15H2,1H3,(H2,20,21,22). The van der Waals surface area contributed by atoms with E-state index in [-0.39, 0.29) is 0 Å². The van der Waals surface area contributed by atoms with Crippen molar-refractivity contribution in [3.8, 4) is 0 Å². The van der Waals surface area contributed by atoms with E-state index >= 15 is 0 Å². The summed E-state index contributed by atoms with van der Waals surface area (Å²) >= 11 is 2.09. The Bertz CT molecular complexity index is 513. The number of guanidine groups is 1. The number of nitrogens with zero attached hydrogens (tertiary/aromatic N) is 2. The highest BCUT2D eigenvalue weighted by molar-refractivity contribution is 8.00. The highest BCUT2D eigenvalue weighted by Crippen LogP contribution is 2.25. The Morgan fingerprint density at radius 1 is 1.17 bits per heavy atom. The number of hydrogen-bond acceptors (Lipinski definition) is 3. The van der Waals surface area contributed by atoms with E-state index in [0.29, 0.717) is 6.04 Å². The van der Waals surface area contributed by atoms with Crippen LogP contribution in [-0.2, 0) is 6.54 Å². The summed E-state index contributed by atoms with van der Waals surface area (Å²) in [5.41, 5.74) is 1.41. The van der Waals surface area contributed by atoms with Crippen LogP contribution in [0.2, 0.25) is 0 Å². The summed E-state index contributed by atoms with van der Waals surface area (Å²) in [4.78, 5) is 6.99. The zero-order valence-corrected chi connectivity index (χ0v) is 15.5. The Kier molecular flexibility index (Phi) is 6.85. The average Bonchev–Trinajstić information content (AvgIpc) is 3.28. The van der Waals surface area contributed by atoms with Gasteiger partial charge in [-0.15, -0.1) is 0 Å². The molecule has 0 spiro atoms. The largest absolute Gasteiger partial charge is 0.355 e. The van der Waals surface area contributed by atoms with Crippen LogP contribution in [0.3, 0.4) is 0 Å². The van der Waals surface area contributed by atoms with E-state index in [4.69, 9.17) is 0 Å². The lowest BCUT2D eigenvalue weighted by Crippen LogP contribution is -2.45. The van der Waals surface area contributed by atoms with Crippen LogP contribution in [-0.4, -0.2) is 54.6 Å². The fraction of sp³-hybridized carbons (Fsp3) is 0.632. The minimum absolute atomic E-state index is 0.601. The van der Waals surface area contributed by atoms with Crippen molar-refractivity contribution in [2.75, 3.05) is 32.4 Å². The fourth-order valence-electron chi connectivity index (χ4n) is 3.60. The van der Waals surface area contributed by atoms with E-state index in [1.165, 1.54) is 43.5 Å². The predicted octanol–water partition coefficient (Wildman–Crippen LogP) is 2.71. The van der Waals surface area contributed by atoms with Gasteiger partial charge in [0.1, 0.15) is 0 Å². The minimum Gasteiger partial charge on any atom is -0.355 e. The number of rotatable bonds is 6. The van der Waals surface area contributed by atoms with Crippen LogP contribution in [0.5, 0.6) is 0 Å². The molecule has 2 fully saturated rings. The summed E-state index contributed by atoms with van der Waals surface area (Å²) in [7, 11) is 1.87. The van der Waals surface area contributed by atoms with Crippen molar-refractivity contribution in [3.05, 3.63) is 35.9 Å². The van der Waals surface area contributed by atoms with Crippen LogP contribution < -0.4 is 10.6 Å². The molecule has 0 saturated carbocycles. The lowest BCUT2D eigenvalue weighted by atomic mass is 10.2. The van der Waals surface area contributed by atoms with Gasteiger partial charge in [-0.3, -0.25) is 9.89 Å². The molecule has 1 aromatic rings. The topological polar surface area (TPSA) is 39.7 Å². The average molecular weight is 347 g/mol. The molecule has 2 atom stereocenters. The molecule has 5 heteroatoms. The van der Waals surface area contributed by atoms with Crippen LogP contribution in [0.1, 0.15) is 31.2 Å². The van der Waals surface area contributed by atoms with Crippen LogP contribution in [0.4, 0.5) is 0 Å². The number of hydrogen-bond donors (Lipinski definition) is 2. The number of likely N-dealkylation sites (tertiary alicyclic amines) is 1. The van der Waals surface area contributed by atoms with Crippen molar-refractivity contribution in [2.24, 2.45) is 4.99 Å². The molecular weight excluding hydrogens is 316 g/mol. The third-order valence-electron chi connectivity index (χ3n) is 4.98. The summed E-state index contributed by atoms with van der Waals surface area (Å²) in [5, 5.41) is 7.79. The van der Waals surface area contributed by atoms with Gasteiger partial charge in [-0.05, 0) is 43.5 Å². The van der Waals surface area contributed by atoms with Gasteiger partial charge in [0.15, 0.2) is 5.96 Å². The molecule has 0 bridgehead atoms. The quantitative estimate of drug-likeness (QED) is 0.614. The molecule has 2 N–H and O–H groups in total. The van der Waals surface area contributed by atoms with E-state index in [1.807, 2.05) is 7.05 Å². The van der Waals surface area contributed by atoms with E-state index in [1.54, 1.807) is 0 Å². The second-order valence-electron chi connectivity index (χ2n) is 6.72. The third kappa shape index (κ3) is 5.15. The maximum Gasteiger partial charge on any atom is 0.191 e. The molecule has 2 aliphatic rings. The molecule has 132 valence electrons. The van der Waals surface area contributed by atoms with Crippen molar-refractivity contribution in [3.63, 3.8) is 0 Å². The molecule has 0 aromatic heterocycles. The van der Waals surface area contributed by atoms with Crippen LogP contribution in [0.25, 0.3) is 0 Å². The van der Waals surface area contributed by atoms with Gasteiger partial charge in [0.2, 0.25) is 0 Å². The number of nitrogens with one attached hydrogen (secondary N) is 2. The number of thioether (sulfide) groups is 1. The molecule has 0 radical (unpaired) electrons. The van der Waals surface area contributed by atoms with Crippen LogP contribution in [0, 0.1) is 0 Å². The summed E-state index contributed by atoms with van der Waals surface area (Å²) in [6.45, 7) is 4.26. The Balaban J connectivity index is 1.43. The zero-order valence-electron chi connectivity index (χ0n) is 14.7. The number of aliphatic imine (C=N–C) groups is 1. The second-order valence-corrected chi connectivity index (χ2v) is 8.13. The molecule has 2 unspecified atom stereocenters. The molecule has 24 heavy (non-hydrogen) atoms. The summed E-state index contributed by atoms with van der Waals surface area (Å²) in [6.07, 6.45) is 5.26. The molecule has 3 rings (SSSR count). The lowest BCUT2D eigenvalue weighted by molar-refractivity contribution is 0.245. The molecule has 4 nitrogen and oxygen atoms in total. The van der Waals surface area contributed by atoms with Gasteiger partial charge < -0.3 is 10.6 Å². The van der Waals surface area contributed by atoms with Gasteiger partial charge in [0.25, 0.3) is 0 Å². The Morgan fingerprint density at radius 2 is 2.00 bits per heavy atom. The summed E-state index contributed by atoms with van der Waals surface area (Å²) in [6, 6.07) is 11.4. The Hall–Kier alpha value is -1.20. The van der Waals surface area contributed by atoms with E-state index in [0.717, 1.165) is 30.8 Å². The SMILES string of the molecule is CN=C(NCC1CCCS1)NCC1CCCN1Cc1ccccc1. The zero-order chi connectivity index (χ0) is 16.6. The Labute approximate surface area is 150 Å². The Morgan fingerprint density at radius 3 is 2.75 bits per heavy atom. The highest BCUT2D eigenvalue weighted by atomic mass is 32.2. The van der Waals surface area contributed by atoms with Gasteiger partial charge in [-0.25, -0.2) is 0 Å². The highest BCUT2D eigenvalue weighted by Gasteiger charge is 2.24. The second kappa shape index (κ2) is 9.33. The molecule has 0 amide bonds. The third-order valence-corrected chi connectivity index (χ3v) is 6.38. The van der Waals surface area contributed by atoms with E-state index in [2.05, 4.69) is 62.6 Å². The first-order chi connectivity index (χ1) is 11.8. The van der Waals surface area contributed by atoms with Crippen molar-refractivity contribution < 1.29 is 0 Å². The molecule has 0 aliphatic carbocycles. The minimum atomic E-state index is 0.601. The maximum atomic E-state index is 4.39. The fourth-order valence-corrected chi connectivity index (χ4v) is 4.80. The van der Waals surface area contributed by atoms with E-state index in [9.17, 15) is 0 Å². The first-order valence-electron chi connectivity index (χ1n) is 9.19. The van der Waals surface area contributed by atoms with E-state index < -0.39 is 0 Å². The van der Waals surface area contributed by atoms with Gasteiger partial charge in [0, 0.05) is 38.0 Å². The molecule has 2 heterocycles. The molecule has 1 aromatic carbocycles. The molecular formula is C19H30N4S. The van der Waals surface area contributed by atoms with Crippen LogP contribution in [0.15, 0.2) is 35.3 Å².